The Kier molecular flexibility index (Phi) is 6.69. The number of amides is 2. The first-order chi connectivity index (χ1) is 15.5. The van der Waals surface area contributed by atoms with Crippen LogP contribution in [0.1, 0.15) is 54.4 Å². The lowest BCUT2D eigenvalue weighted by atomic mass is 10.0. The van der Waals surface area contributed by atoms with Crippen LogP contribution in [0.15, 0.2) is 24.3 Å². The summed E-state index contributed by atoms with van der Waals surface area (Å²) in [5.41, 5.74) is 2.68. The van der Waals surface area contributed by atoms with Crippen molar-refractivity contribution in [2.75, 3.05) is 32.3 Å². The molecule has 4 rings (SSSR count). The highest BCUT2D eigenvalue weighted by atomic mass is 16.5. The number of hydrogen-bond acceptors (Lipinski definition) is 6. The smallest absolute Gasteiger partial charge is 0.233 e. The van der Waals surface area contributed by atoms with E-state index in [2.05, 4.69) is 0 Å². The zero-order chi connectivity index (χ0) is 22.7. The average Bonchev–Trinajstić information content (AvgIpc) is 3.13. The van der Waals surface area contributed by atoms with Crippen LogP contribution in [0.25, 0.3) is 0 Å². The summed E-state index contributed by atoms with van der Waals surface area (Å²) in [6, 6.07) is 7.51. The number of piperidine rings is 1. The highest BCUT2D eigenvalue weighted by Crippen LogP contribution is 2.35. The van der Waals surface area contributed by atoms with Gasteiger partial charge >= 0.3 is 0 Å². The molecule has 1 fully saturated rings. The molecule has 2 aromatic rings. The Morgan fingerprint density at radius 2 is 1.94 bits per heavy atom. The van der Waals surface area contributed by atoms with Gasteiger partial charge in [-0.15, -0.1) is 0 Å². The van der Waals surface area contributed by atoms with Crippen LogP contribution in [0.3, 0.4) is 0 Å². The number of anilines is 1. The molecule has 0 unspecified atom stereocenters. The molecule has 1 atom stereocenters. The molecular formula is C24H30N4O4. The monoisotopic (exact) mass is 438 g/mol. The summed E-state index contributed by atoms with van der Waals surface area (Å²) in [5, 5.41) is 0. The van der Waals surface area contributed by atoms with Crippen LogP contribution in [0.5, 0.6) is 5.75 Å². The Balaban J connectivity index is 1.62. The Labute approximate surface area is 188 Å². The van der Waals surface area contributed by atoms with Gasteiger partial charge in [0.1, 0.15) is 11.6 Å². The fraction of sp³-hybridized carbons (Fsp3) is 0.500. The maximum Gasteiger partial charge on any atom is 0.233 e. The van der Waals surface area contributed by atoms with Crippen molar-refractivity contribution in [1.82, 2.24) is 14.9 Å². The normalized spacial score (nSPS) is 18.1. The van der Waals surface area contributed by atoms with Gasteiger partial charge in [0.05, 0.1) is 39.1 Å². The van der Waals surface area contributed by atoms with Crippen LogP contribution in [-0.4, -0.2) is 54.1 Å². The fourth-order valence-corrected chi connectivity index (χ4v) is 4.45. The highest BCUT2D eigenvalue weighted by molar-refractivity contribution is 6.00. The van der Waals surface area contributed by atoms with Crippen LogP contribution in [0.2, 0.25) is 0 Å². The maximum absolute atomic E-state index is 12.8. The van der Waals surface area contributed by atoms with Gasteiger partial charge in [0.25, 0.3) is 0 Å². The number of ether oxygens (including phenoxy) is 2. The van der Waals surface area contributed by atoms with Crippen molar-refractivity contribution in [3.05, 3.63) is 46.9 Å². The van der Waals surface area contributed by atoms with Gasteiger partial charge in [-0.25, -0.2) is 9.97 Å². The van der Waals surface area contributed by atoms with Crippen LogP contribution in [0.4, 0.5) is 5.82 Å². The highest BCUT2D eigenvalue weighted by Gasteiger charge is 2.35. The predicted molar refractivity (Wildman–Crippen MR) is 119 cm³/mol. The quantitative estimate of drug-likeness (QED) is 0.661. The predicted octanol–water partition coefficient (Wildman–Crippen LogP) is 2.97. The molecule has 2 amide bonds. The zero-order valence-electron chi connectivity index (χ0n) is 19.0. The zero-order valence-corrected chi connectivity index (χ0v) is 19.0. The minimum absolute atomic E-state index is 0.0158. The Bertz CT molecular complexity index is 992. The number of nitrogens with zero attached hydrogens (tertiary/aromatic N) is 4. The molecule has 8 heteroatoms. The second kappa shape index (κ2) is 9.65. The van der Waals surface area contributed by atoms with Crippen molar-refractivity contribution in [3.8, 4) is 5.75 Å². The Morgan fingerprint density at radius 1 is 1.16 bits per heavy atom. The third kappa shape index (κ3) is 4.46. The van der Waals surface area contributed by atoms with E-state index >= 15 is 0 Å². The third-order valence-corrected chi connectivity index (χ3v) is 6.24. The molecular weight excluding hydrogens is 408 g/mol. The molecule has 0 spiro atoms. The molecule has 1 saturated heterocycles. The van der Waals surface area contributed by atoms with E-state index in [0.29, 0.717) is 44.2 Å². The van der Waals surface area contributed by atoms with E-state index in [1.165, 1.54) is 0 Å². The van der Waals surface area contributed by atoms with Crippen LogP contribution in [-0.2, 0) is 27.3 Å². The molecule has 0 N–H and O–H groups in total. The van der Waals surface area contributed by atoms with E-state index in [4.69, 9.17) is 19.4 Å². The molecule has 32 heavy (non-hydrogen) atoms. The van der Waals surface area contributed by atoms with Crippen molar-refractivity contribution < 1.29 is 19.1 Å². The minimum atomic E-state index is -0.171. The van der Waals surface area contributed by atoms with Crippen LogP contribution in [0, 0.1) is 6.92 Å². The van der Waals surface area contributed by atoms with Crippen molar-refractivity contribution in [1.29, 1.82) is 0 Å². The second-order valence-electron chi connectivity index (χ2n) is 8.32. The largest absolute Gasteiger partial charge is 0.497 e. The standard InChI is InChI=1S/C24H30N4O4/c1-16-19-14-22(30)28(15-17-7-9-18(32-3)10-8-17)24(19)26-23(25-16)20-6-4-5-12-27(20)21(29)11-13-31-2/h7-10,20H,4-6,11-15H2,1-3H3/t20-/m1/s1. The fourth-order valence-electron chi connectivity index (χ4n) is 4.45. The van der Waals surface area contributed by atoms with E-state index in [0.717, 1.165) is 41.8 Å². The van der Waals surface area contributed by atoms with Gasteiger partial charge in [-0.3, -0.25) is 14.5 Å². The first kappa shape index (κ1) is 22.2. The molecule has 0 bridgehead atoms. The molecule has 170 valence electrons. The summed E-state index contributed by atoms with van der Waals surface area (Å²) in [6.45, 7) is 3.46. The Morgan fingerprint density at radius 3 is 2.66 bits per heavy atom. The summed E-state index contributed by atoms with van der Waals surface area (Å²) >= 11 is 0. The van der Waals surface area contributed by atoms with Gasteiger partial charge in [-0.2, -0.15) is 0 Å². The lowest BCUT2D eigenvalue weighted by Gasteiger charge is -2.35. The summed E-state index contributed by atoms with van der Waals surface area (Å²) in [4.78, 5) is 38.8. The third-order valence-electron chi connectivity index (χ3n) is 6.24. The second-order valence-corrected chi connectivity index (χ2v) is 8.32. The average molecular weight is 439 g/mol. The van der Waals surface area contributed by atoms with Gasteiger partial charge in [0, 0.05) is 24.9 Å². The van der Waals surface area contributed by atoms with E-state index in [1.54, 1.807) is 19.1 Å². The number of methoxy groups -OCH3 is 2. The lowest BCUT2D eigenvalue weighted by Crippen LogP contribution is -2.40. The SMILES string of the molecule is COCCC(=O)N1CCCC[C@@H]1c1nc(C)c2c(n1)N(Cc1ccc(OC)cc1)C(=O)C2. The number of aromatic nitrogens is 2. The van der Waals surface area contributed by atoms with Gasteiger partial charge in [0.2, 0.25) is 11.8 Å². The van der Waals surface area contributed by atoms with Crippen molar-refractivity contribution >= 4 is 17.6 Å². The maximum atomic E-state index is 12.8. The lowest BCUT2D eigenvalue weighted by molar-refractivity contribution is -0.136. The molecule has 2 aliphatic heterocycles. The summed E-state index contributed by atoms with van der Waals surface area (Å²) in [7, 11) is 3.23. The summed E-state index contributed by atoms with van der Waals surface area (Å²) in [5.74, 6) is 2.15. The van der Waals surface area contributed by atoms with Crippen molar-refractivity contribution in [2.24, 2.45) is 0 Å². The first-order valence-corrected chi connectivity index (χ1v) is 11.1. The molecule has 0 aliphatic carbocycles. The number of rotatable bonds is 7. The number of carbonyl (C=O) groups is 2. The van der Waals surface area contributed by atoms with Crippen LogP contribution < -0.4 is 9.64 Å². The molecule has 1 aromatic heterocycles. The van der Waals surface area contributed by atoms with Gasteiger partial charge in [-0.05, 0) is 43.9 Å². The number of carbonyl (C=O) groups excluding carboxylic acids is 2. The van der Waals surface area contributed by atoms with Gasteiger partial charge in [-0.1, -0.05) is 12.1 Å². The number of hydrogen-bond donors (Lipinski definition) is 0. The molecule has 2 aliphatic rings. The molecule has 3 heterocycles. The minimum Gasteiger partial charge on any atom is -0.497 e. The van der Waals surface area contributed by atoms with E-state index in [1.807, 2.05) is 36.1 Å². The summed E-state index contributed by atoms with van der Waals surface area (Å²) < 4.78 is 10.3. The number of aryl methyl sites for hydroxylation is 1. The number of likely N-dealkylation sites (tertiary alicyclic amines) is 1. The van der Waals surface area contributed by atoms with E-state index in [9.17, 15) is 9.59 Å². The van der Waals surface area contributed by atoms with E-state index < -0.39 is 0 Å². The van der Waals surface area contributed by atoms with Gasteiger partial charge in [0.15, 0.2) is 5.82 Å². The van der Waals surface area contributed by atoms with Gasteiger partial charge < -0.3 is 14.4 Å². The number of benzene rings is 1. The van der Waals surface area contributed by atoms with E-state index in [-0.39, 0.29) is 17.9 Å². The number of fused-ring (bicyclic) bond motifs is 1. The molecule has 1 aromatic carbocycles. The van der Waals surface area contributed by atoms with Crippen molar-refractivity contribution in [2.45, 2.75) is 51.6 Å². The molecule has 0 radical (unpaired) electrons. The van der Waals surface area contributed by atoms with Crippen molar-refractivity contribution in [3.63, 3.8) is 0 Å². The van der Waals surface area contributed by atoms with Crippen LogP contribution >= 0.6 is 0 Å². The summed E-state index contributed by atoms with van der Waals surface area (Å²) in [6.07, 6.45) is 3.47. The molecule has 0 saturated carbocycles. The Hall–Kier alpha value is -3.00. The topological polar surface area (TPSA) is 84.9 Å². The first-order valence-electron chi connectivity index (χ1n) is 11.1. The molecule has 8 nitrogen and oxygen atoms in total.